The highest BCUT2D eigenvalue weighted by Crippen LogP contribution is 2.17. The van der Waals surface area contributed by atoms with Gasteiger partial charge in [-0.3, -0.25) is 4.79 Å². The van der Waals surface area contributed by atoms with Crippen molar-refractivity contribution in [2.75, 3.05) is 6.54 Å². The molecule has 1 unspecified atom stereocenters. The van der Waals surface area contributed by atoms with Gasteiger partial charge in [0.15, 0.2) is 0 Å². The van der Waals surface area contributed by atoms with Gasteiger partial charge in [-0.1, -0.05) is 107 Å². The fourth-order valence-corrected chi connectivity index (χ4v) is 2.49. The van der Waals surface area contributed by atoms with E-state index >= 15 is 0 Å². The summed E-state index contributed by atoms with van der Waals surface area (Å²) in [5.74, 6) is -0.176. The van der Waals surface area contributed by atoms with Gasteiger partial charge in [0.05, 0.1) is 5.60 Å². The highest BCUT2D eigenvalue weighted by molar-refractivity contribution is 5.87. The molecule has 0 spiro atoms. The van der Waals surface area contributed by atoms with Crippen LogP contribution in [0.4, 0.5) is 0 Å². The van der Waals surface area contributed by atoms with E-state index in [0.29, 0.717) is 13.0 Å². The van der Waals surface area contributed by atoms with Crippen LogP contribution in [0.5, 0.6) is 0 Å². The molecule has 0 rings (SSSR count). The predicted molar refractivity (Wildman–Crippen MR) is 127 cm³/mol. The average Bonchev–Trinajstić information content (AvgIpc) is 2.73. The molecule has 0 radical (unpaired) electrons. The van der Waals surface area contributed by atoms with Gasteiger partial charge in [-0.25, -0.2) is 0 Å². The molecule has 0 aliphatic heterocycles. The van der Waals surface area contributed by atoms with Gasteiger partial charge in [-0.15, -0.1) is 0 Å². The zero-order valence-corrected chi connectivity index (χ0v) is 18.6. The zero-order chi connectivity index (χ0) is 21.6. The summed E-state index contributed by atoms with van der Waals surface area (Å²) in [7, 11) is 0. The molecule has 0 saturated heterocycles. The first-order valence-corrected chi connectivity index (χ1v) is 11.1. The highest BCUT2D eigenvalue weighted by Gasteiger charge is 2.23. The Kier molecular flexibility index (Phi) is 17.8. The third-order valence-electron chi connectivity index (χ3n) is 4.52. The van der Waals surface area contributed by atoms with Crippen molar-refractivity contribution < 1.29 is 9.90 Å². The van der Waals surface area contributed by atoms with Crippen molar-refractivity contribution in [1.29, 1.82) is 0 Å². The third kappa shape index (κ3) is 17.7. The molecule has 0 aliphatic rings. The second-order valence-corrected chi connectivity index (χ2v) is 7.18. The van der Waals surface area contributed by atoms with E-state index in [1.54, 1.807) is 6.08 Å². The number of hydrogen-bond donors (Lipinski definition) is 2. The van der Waals surface area contributed by atoms with E-state index in [2.05, 4.69) is 61.7 Å². The molecular formula is C26H41NO2. The lowest BCUT2D eigenvalue weighted by atomic mass is 9.94. The first kappa shape index (κ1) is 26.9. The van der Waals surface area contributed by atoms with E-state index in [4.69, 9.17) is 0 Å². The highest BCUT2D eigenvalue weighted by atomic mass is 16.3. The monoisotopic (exact) mass is 399 g/mol. The van der Waals surface area contributed by atoms with Crippen molar-refractivity contribution in [3.63, 3.8) is 0 Å². The van der Waals surface area contributed by atoms with Gasteiger partial charge < -0.3 is 10.4 Å². The van der Waals surface area contributed by atoms with Crippen molar-refractivity contribution in [1.82, 2.24) is 5.32 Å². The lowest BCUT2D eigenvalue weighted by molar-refractivity contribution is -0.117. The van der Waals surface area contributed by atoms with Gasteiger partial charge in [0.25, 0.3) is 0 Å². The van der Waals surface area contributed by atoms with Crippen molar-refractivity contribution in [2.24, 2.45) is 0 Å². The Balaban J connectivity index is 3.96. The molecule has 1 atom stereocenters. The van der Waals surface area contributed by atoms with Crippen LogP contribution >= 0.6 is 0 Å². The van der Waals surface area contributed by atoms with Crippen molar-refractivity contribution in [3.8, 4) is 0 Å². The van der Waals surface area contributed by atoms with Crippen molar-refractivity contribution >= 4 is 5.91 Å². The minimum Gasteiger partial charge on any atom is -0.388 e. The molecular weight excluding hydrogens is 358 g/mol. The average molecular weight is 400 g/mol. The predicted octanol–water partition coefficient (Wildman–Crippen LogP) is 6.35. The molecule has 0 heterocycles. The molecule has 3 nitrogen and oxygen atoms in total. The molecule has 0 bridgehead atoms. The number of aliphatic hydroxyl groups is 1. The van der Waals surface area contributed by atoms with E-state index in [0.717, 1.165) is 38.5 Å². The molecule has 2 N–H and O–H groups in total. The minimum atomic E-state index is -0.798. The Bertz CT molecular complexity index is 582. The summed E-state index contributed by atoms with van der Waals surface area (Å²) < 4.78 is 0. The Morgan fingerprint density at radius 1 is 0.793 bits per heavy atom. The first-order valence-electron chi connectivity index (χ1n) is 11.1. The van der Waals surface area contributed by atoms with Gasteiger partial charge in [-0.2, -0.15) is 0 Å². The number of amides is 1. The maximum absolute atomic E-state index is 11.8. The van der Waals surface area contributed by atoms with Gasteiger partial charge >= 0.3 is 0 Å². The summed E-state index contributed by atoms with van der Waals surface area (Å²) in [6.45, 7) is 6.52. The second kappa shape index (κ2) is 19.2. The Hall–Kier alpha value is -2.13. The van der Waals surface area contributed by atoms with Crippen LogP contribution in [0.3, 0.4) is 0 Å². The maximum atomic E-state index is 11.8. The fourth-order valence-electron chi connectivity index (χ4n) is 2.49. The van der Waals surface area contributed by atoms with Crippen LogP contribution in [0.1, 0.15) is 72.1 Å². The SMILES string of the molecule is CCCC=CC=CC=CCCC=CC=CC=CC(=O)NCC(O)(CC)CCCC. The van der Waals surface area contributed by atoms with E-state index in [1.807, 2.05) is 25.2 Å². The summed E-state index contributed by atoms with van der Waals surface area (Å²) in [6, 6.07) is 0. The Morgan fingerprint density at radius 2 is 1.34 bits per heavy atom. The summed E-state index contributed by atoms with van der Waals surface area (Å²) in [6.07, 6.45) is 31.3. The van der Waals surface area contributed by atoms with Crippen LogP contribution in [-0.2, 0) is 4.79 Å². The van der Waals surface area contributed by atoms with Gasteiger partial charge in [-0.05, 0) is 32.1 Å². The topological polar surface area (TPSA) is 49.3 Å². The van der Waals surface area contributed by atoms with E-state index < -0.39 is 5.60 Å². The van der Waals surface area contributed by atoms with Crippen LogP contribution in [0.15, 0.2) is 72.9 Å². The quantitative estimate of drug-likeness (QED) is 0.180. The normalized spacial score (nSPS) is 15.0. The molecule has 0 saturated carbocycles. The van der Waals surface area contributed by atoms with Crippen LogP contribution in [-0.4, -0.2) is 23.2 Å². The number of rotatable bonds is 16. The lowest BCUT2D eigenvalue weighted by Gasteiger charge is -2.26. The third-order valence-corrected chi connectivity index (χ3v) is 4.52. The van der Waals surface area contributed by atoms with Crippen LogP contribution < -0.4 is 5.32 Å². The smallest absolute Gasteiger partial charge is 0.244 e. The molecule has 0 aliphatic carbocycles. The van der Waals surface area contributed by atoms with Crippen LogP contribution in [0.25, 0.3) is 0 Å². The number of carbonyl (C=O) groups excluding carboxylic acids is 1. The zero-order valence-electron chi connectivity index (χ0n) is 18.6. The lowest BCUT2D eigenvalue weighted by Crippen LogP contribution is -2.42. The number of unbranched alkanes of at least 4 members (excludes halogenated alkanes) is 3. The summed E-state index contributed by atoms with van der Waals surface area (Å²) in [5, 5.41) is 13.2. The minimum absolute atomic E-state index is 0.176. The van der Waals surface area contributed by atoms with E-state index in [-0.39, 0.29) is 5.91 Å². The molecule has 1 amide bonds. The first-order chi connectivity index (χ1) is 14.1. The largest absolute Gasteiger partial charge is 0.388 e. The van der Waals surface area contributed by atoms with Crippen molar-refractivity contribution in [2.45, 2.75) is 77.7 Å². The summed E-state index contributed by atoms with van der Waals surface area (Å²) in [4.78, 5) is 11.8. The molecule has 0 aromatic heterocycles. The summed E-state index contributed by atoms with van der Waals surface area (Å²) >= 11 is 0. The molecule has 0 aromatic carbocycles. The number of nitrogens with one attached hydrogen (secondary N) is 1. The van der Waals surface area contributed by atoms with Crippen molar-refractivity contribution in [3.05, 3.63) is 72.9 Å². The van der Waals surface area contributed by atoms with Gasteiger partial charge in [0, 0.05) is 12.6 Å². The van der Waals surface area contributed by atoms with Gasteiger partial charge in [0.1, 0.15) is 0 Å². The van der Waals surface area contributed by atoms with Crippen LogP contribution in [0, 0.1) is 0 Å². The number of hydrogen-bond acceptors (Lipinski definition) is 2. The Morgan fingerprint density at radius 3 is 1.86 bits per heavy atom. The molecule has 0 aromatic rings. The molecule has 162 valence electrons. The van der Waals surface area contributed by atoms with E-state index in [9.17, 15) is 9.90 Å². The molecule has 3 heteroatoms. The van der Waals surface area contributed by atoms with Crippen LogP contribution in [0.2, 0.25) is 0 Å². The second-order valence-electron chi connectivity index (χ2n) is 7.18. The fraction of sp³-hybridized carbons (Fsp3) is 0.500. The number of allylic oxidation sites excluding steroid dienone is 11. The Labute approximate surface area is 178 Å². The van der Waals surface area contributed by atoms with E-state index in [1.165, 1.54) is 12.5 Å². The summed E-state index contributed by atoms with van der Waals surface area (Å²) in [5.41, 5.74) is -0.798. The standard InChI is InChI=1S/C26H41NO2/c1-4-7-9-10-11-12-13-14-15-16-17-18-19-20-21-22-25(28)27-24-26(29,6-3)23-8-5-2/h9-14,17-22,29H,4-8,15-16,23-24H2,1-3H3,(H,27,28). The number of carbonyl (C=O) groups is 1. The maximum Gasteiger partial charge on any atom is 0.244 e. The molecule has 0 fully saturated rings. The van der Waals surface area contributed by atoms with Gasteiger partial charge in [0.2, 0.25) is 5.91 Å². The molecule has 29 heavy (non-hydrogen) atoms.